The number of carbonyl (C=O) groups is 1. The van der Waals surface area contributed by atoms with Crippen LogP contribution in [0.5, 0.6) is 0 Å². The van der Waals surface area contributed by atoms with Crippen LogP contribution in [0.2, 0.25) is 0 Å². The number of benzene rings is 1. The Balaban J connectivity index is 2.30. The molecule has 1 aliphatic heterocycles. The van der Waals surface area contributed by atoms with Gasteiger partial charge in [0, 0.05) is 11.4 Å². The number of nitrogens with zero attached hydrogens (tertiary/aromatic N) is 1. The summed E-state index contributed by atoms with van der Waals surface area (Å²) in [7, 11) is 0. The smallest absolute Gasteiger partial charge is 0.407 e. The van der Waals surface area contributed by atoms with Gasteiger partial charge in [-0.1, -0.05) is 18.2 Å². The van der Waals surface area contributed by atoms with Crippen molar-refractivity contribution in [2.24, 2.45) is 0 Å². The molecule has 4 heteroatoms. The van der Waals surface area contributed by atoms with Crippen LogP contribution in [0.15, 0.2) is 29.2 Å². The average Bonchev–Trinajstić information content (AvgIpc) is 2.29. The molecule has 2 rings (SSSR count). The van der Waals surface area contributed by atoms with Gasteiger partial charge < -0.3 is 10.0 Å². The molecule has 1 amide bonds. The zero-order chi connectivity index (χ0) is 11.5. The van der Waals surface area contributed by atoms with E-state index in [1.165, 1.54) is 4.90 Å². The van der Waals surface area contributed by atoms with Crippen LogP contribution in [0.1, 0.15) is 30.9 Å². The molecule has 0 radical (unpaired) electrons. The zero-order valence-corrected chi connectivity index (χ0v) is 9.86. The van der Waals surface area contributed by atoms with E-state index in [0.29, 0.717) is 6.54 Å². The highest BCUT2D eigenvalue weighted by atomic mass is 32.1. The van der Waals surface area contributed by atoms with Gasteiger partial charge in [-0.2, -0.15) is 0 Å². The Morgan fingerprint density at radius 2 is 2.12 bits per heavy atom. The van der Waals surface area contributed by atoms with Crippen LogP contribution >= 0.6 is 12.6 Å². The molecule has 1 fully saturated rings. The summed E-state index contributed by atoms with van der Waals surface area (Å²) >= 11 is 4.40. The summed E-state index contributed by atoms with van der Waals surface area (Å²) in [6.45, 7) is 0.627. The summed E-state index contributed by atoms with van der Waals surface area (Å²) in [4.78, 5) is 13.6. The summed E-state index contributed by atoms with van der Waals surface area (Å²) in [6, 6.07) is 7.70. The van der Waals surface area contributed by atoms with Gasteiger partial charge in [0.15, 0.2) is 0 Å². The molecule has 1 heterocycles. The molecule has 1 N–H and O–H groups in total. The fraction of sp³-hybridized carbons (Fsp3) is 0.417. The number of hydrogen-bond donors (Lipinski definition) is 2. The van der Waals surface area contributed by atoms with Crippen LogP contribution in [-0.4, -0.2) is 22.6 Å². The van der Waals surface area contributed by atoms with Crippen molar-refractivity contribution in [2.45, 2.75) is 30.2 Å². The number of hydrogen-bond acceptors (Lipinski definition) is 2. The predicted molar refractivity (Wildman–Crippen MR) is 65.0 cm³/mol. The van der Waals surface area contributed by atoms with Crippen LogP contribution in [0.25, 0.3) is 0 Å². The largest absolute Gasteiger partial charge is 0.465 e. The maximum atomic E-state index is 11.2. The van der Waals surface area contributed by atoms with Crippen molar-refractivity contribution in [1.82, 2.24) is 4.90 Å². The second-order valence-electron chi connectivity index (χ2n) is 4.05. The first-order valence-corrected chi connectivity index (χ1v) is 5.92. The molecule has 0 bridgehead atoms. The Bertz CT molecular complexity index is 394. The van der Waals surface area contributed by atoms with Crippen molar-refractivity contribution in [3.8, 4) is 0 Å². The van der Waals surface area contributed by atoms with Crippen molar-refractivity contribution in [3.63, 3.8) is 0 Å². The third kappa shape index (κ3) is 2.16. The van der Waals surface area contributed by atoms with Crippen LogP contribution in [0.3, 0.4) is 0 Å². The molecule has 1 aliphatic rings. The molecule has 0 aromatic heterocycles. The van der Waals surface area contributed by atoms with Gasteiger partial charge in [-0.3, -0.25) is 0 Å². The van der Waals surface area contributed by atoms with Crippen LogP contribution in [0.4, 0.5) is 4.79 Å². The molecular weight excluding hydrogens is 222 g/mol. The number of thiol groups is 1. The van der Waals surface area contributed by atoms with E-state index in [2.05, 4.69) is 12.6 Å². The maximum absolute atomic E-state index is 11.2. The number of carboxylic acid groups (broad SMARTS) is 1. The number of rotatable bonds is 1. The van der Waals surface area contributed by atoms with Crippen molar-refractivity contribution in [3.05, 3.63) is 29.8 Å². The summed E-state index contributed by atoms with van der Waals surface area (Å²) < 4.78 is 0. The lowest BCUT2D eigenvalue weighted by atomic mass is 9.95. The Hall–Kier alpha value is -1.16. The van der Waals surface area contributed by atoms with Crippen LogP contribution in [0, 0.1) is 0 Å². The quantitative estimate of drug-likeness (QED) is 0.736. The van der Waals surface area contributed by atoms with E-state index in [4.69, 9.17) is 5.11 Å². The molecule has 0 saturated carbocycles. The average molecular weight is 237 g/mol. The predicted octanol–water partition coefficient (Wildman–Crippen LogP) is 3.18. The number of amides is 1. The summed E-state index contributed by atoms with van der Waals surface area (Å²) in [5.74, 6) is 0. The van der Waals surface area contributed by atoms with E-state index in [0.717, 1.165) is 29.7 Å². The standard InChI is InChI=1S/C12H15NO2S/c14-12(15)13-8-4-3-6-10(13)9-5-1-2-7-11(9)16/h1-2,5,7,10,16H,3-4,6,8H2,(H,14,15). The van der Waals surface area contributed by atoms with Crippen molar-refractivity contribution in [1.29, 1.82) is 0 Å². The number of likely N-dealkylation sites (tertiary alicyclic amines) is 1. The van der Waals surface area contributed by atoms with Crippen molar-refractivity contribution in [2.75, 3.05) is 6.54 Å². The lowest BCUT2D eigenvalue weighted by Gasteiger charge is -2.34. The fourth-order valence-electron chi connectivity index (χ4n) is 2.25. The third-order valence-electron chi connectivity index (χ3n) is 3.04. The van der Waals surface area contributed by atoms with E-state index < -0.39 is 6.09 Å². The van der Waals surface area contributed by atoms with E-state index in [1.54, 1.807) is 0 Å². The topological polar surface area (TPSA) is 40.5 Å². The lowest BCUT2D eigenvalue weighted by molar-refractivity contribution is 0.106. The van der Waals surface area contributed by atoms with Gasteiger partial charge in [-0.25, -0.2) is 4.79 Å². The molecule has 1 aromatic carbocycles. The van der Waals surface area contributed by atoms with E-state index >= 15 is 0 Å². The molecule has 0 aliphatic carbocycles. The maximum Gasteiger partial charge on any atom is 0.407 e. The minimum absolute atomic E-state index is 0.0278. The molecule has 0 spiro atoms. The molecule has 1 atom stereocenters. The van der Waals surface area contributed by atoms with Gasteiger partial charge in [0.1, 0.15) is 0 Å². The van der Waals surface area contributed by atoms with Crippen molar-refractivity contribution >= 4 is 18.7 Å². The molecule has 3 nitrogen and oxygen atoms in total. The highest BCUT2D eigenvalue weighted by Gasteiger charge is 2.28. The second kappa shape index (κ2) is 4.78. The van der Waals surface area contributed by atoms with Gasteiger partial charge in [-0.15, -0.1) is 12.6 Å². The highest BCUT2D eigenvalue weighted by Crippen LogP contribution is 2.33. The second-order valence-corrected chi connectivity index (χ2v) is 4.53. The SMILES string of the molecule is O=C(O)N1CCCCC1c1ccccc1S. The van der Waals surface area contributed by atoms with Crippen LogP contribution < -0.4 is 0 Å². The van der Waals surface area contributed by atoms with E-state index in [1.807, 2.05) is 24.3 Å². The lowest BCUT2D eigenvalue weighted by Crippen LogP contribution is -2.37. The summed E-state index contributed by atoms with van der Waals surface area (Å²) in [5.41, 5.74) is 1.02. The van der Waals surface area contributed by atoms with Gasteiger partial charge in [0.05, 0.1) is 6.04 Å². The summed E-state index contributed by atoms with van der Waals surface area (Å²) in [5, 5.41) is 9.16. The third-order valence-corrected chi connectivity index (χ3v) is 3.45. The Morgan fingerprint density at radius 1 is 1.38 bits per heavy atom. The van der Waals surface area contributed by atoms with Gasteiger partial charge >= 0.3 is 6.09 Å². The molecule has 16 heavy (non-hydrogen) atoms. The fourth-order valence-corrected chi connectivity index (χ4v) is 2.56. The molecule has 1 saturated heterocycles. The van der Waals surface area contributed by atoms with Crippen LogP contribution in [-0.2, 0) is 0 Å². The van der Waals surface area contributed by atoms with Gasteiger partial charge in [0.25, 0.3) is 0 Å². The van der Waals surface area contributed by atoms with E-state index in [-0.39, 0.29) is 6.04 Å². The first kappa shape index (κ1) is 11.3. The molecular formula is C12H15NO2S. The molecule has 1 aromatic rings. The van der Waals surface area contributed by atoms with Crippen molar-refractivity contribution < 1.29 is 9.90 Å². The monoisotopic (exact) mass is 237 g/mol. The molecule has 86 valence electrons. The highest BCUT2D eigenvalue weighted by molar-refractivity contribution is 7.80. The Labute approximate surface area is 100 Å². The Morgan fingerprint density at radius 3 is 2.81 bits per heavy atom. The van der Waals surface area contributed by atoms with Gasteiger partial charge in [-0.05, 0) is 30.9 Å². The number of piperidine rings is 1. The minimum atomic E-state index is -0.832. The minimum Gasteiger partial charge on any atom is -0.465 e. The Kier molecular flexibility index (Phi) is 3.39. The van der Waals surface area contributed by atoms with E-state index in [9.17, 15) is 4.79 Å². The zero-order valence-electron chi connectivity index (χ0n) is 8.97. The first-order valence-electron chi connectivity index (χ1n) is 5.47. The molecule has 1 unspecified atom stereocenters. The van der Waals surface area contributed by atoms with Gasteiger partial charge in [0.2, 0.25) is 0 Å². The first-order chi connectivity index (χ1) is 7.70. The summed E-state index contributed by atoms with van der Waals surface area (Å²) in [6.07, 6.45) is 2.10. The normalized spacial score (nSPS) is 20.8.